The molecule has 0 radical (unpaired) electrons. The molecule has 0 heterocycles. The number of ether oxygens (including phenoxy) is 1. The minimum atomic E-state index is -0.942. The molecule has 19 heavy (non-hydrogen) atoms. The van der Waals surface area contributed by atoms with Gasteiger partial charge in [-0.05, 0) is 18.2 Å². The van der Waals surface area contributed by atoms with Crippen LogP contribution >= 0.6 is 11.8 Å². The SMILES string of the molecule is C=CCSCCNCCOc1cccc(C(=O)O)c1. The van der Waals surface area contributed by atoms with Crippen LogP contribution in [0.3, 0.4) is 0 Å². The minimum Gasteiger partial charge on any atom is -0.492 e. The summed E-state index contributed by atoms with van der Waals surface area (Å²) in [6, 6.07) is 6.51. The summed E-state index contributed by atoms with van der Waals surface area (Å²) >= 11 is 1.83. The third-order valence-corrected chi connectivity index (χ3v) is 3.25. The second-order valence-electron chi connectivity index (χ2n) is 3.80. The van der Waals surface area contributed by atoms with Crippen molar-refractivity contribution in [3.8, 4) is 5.75 Å². The molecule has 1 rings (SSSR count). The molecular weight excluding hydrogens is 262 g/mol. The molecule has 0 saturated carbocycles. The smallest absolute Gasteiger partial charge is 0.335 e. The second-order valence-corrected chi connectivity index (χ2v) is 4.94. The topological polar surface area (TPSA) is 58.6 Å². The summed E-state index contributed by atoms with van der Waals surface area (Å²) in [5.74, 6) is 1.66. The van der Waals surface area contributed by atoms with Crippen LogP contribution in [-0.2, 0) is 0 Å². The summed E-state index contributed by atoms with van der Waals surface area (Å²) < 4.78 is 5.48. The summed E-state index contributed by atoms with van der Waals surface area (Å²) in [5.41, 5.74) is 0.242. The first kappa shape index (κ1) is 15.6. The molecule has 104 valence electrons. The van der Waals surface area contributed by atoms with Crippen LogP contribution in [0, 0.1) is 0 Å². The summed E-state index contributed by atoms with van der Waals surface area (Å²) in [7, 11) is 0. The minimum absolute atomic E-state index is 0.242. The highest BCUT2D eigenvalue weighted by Crippen LogP contribution is 2.12. The first-order valence-corrected chi connectivity index (χ1v) is 7.25. The van der Waals surface area contributed by atoms with Crippen molar-refractivity contribution in [1.29, 1.82) is 0 Å². The lowest BCUT2D eigenvalue weighted by Gasteiger charge is -2.07. The van der Waals surface area contributed by atoms with Crippen LogP contribution in [0.4, 0.5) is 0 Å². The van der Waals surface area contributed by atoms with Crippen molar-refractivity contribution in [3.63, 3.8) is 0 Å². The number of nitrogens with one attached hydrogen (secondary N) is 1. The Hall–Kier alpha value is -1.46. The zero-order valence-electron chi connectivity index (χ0n) is 10.8. The predicted octanol–water partition coefficient (Wildman–Crippen LogP) is 2.27. The Morgan fingerprint density at radius 2 is 2.32 bits per heavy atom. The van der Waals surface area contributed by atoms with Crippen molar-refractivity contribution in [1.82, 2.24) is 5.32 Å². The molecule has 1 aromatic rings. The van der Waals surface area contributed by atoms with Gasteiger partial charge in [0.25, 0.3) is 0 Å². The predicted molar refractivity (Wildman–Crippen MR) is 79.3 cm³/mol. The van der Waals surface area contributed by atoms with Gasteiger partial charge in [-0.25, -0.2) is 4.79 Å². The van der Waals surface area contributed by atoms with E-state index in [4.69, 9.17) is 9.84 Å². The monoisotopic (exact) mass is 281 g/mol. The summed E-state index contributed by atoms with van der Waals surface area (Å²) in [4.78, 5) is 10.8. The van der Waals surface area contributed by atoms with E-state index in [1.165, 1.54) is 6.07 Å². The molecule has 0 fully saturated rings. The Morgan fingerprint density at radius 1 is 1.47 bits per heavy atom. The Morgan fingerprint density at radius 3 is 3.05 bits per heavy atom. The van der Waals surface area contributed by atoms with Gasteiger partial charge in [0, 0.05) is 24.6 Å². The highest BCUT2D eigenvalue weighted by molar-refractivity contribution is 7.99. The van der Waals surface area contributed by atoms with Gasteiger partial charge in [0.05, 0.1) is 5.56 Å². The highest BCUT2D eigenvalue weighted by atomic mass is 32.2. The Balaban J connectivity index is 2.14. The number of thioether (sulfide) groups is 1. The maximum absolute atomic E-state index is 10.8. The van der Waals surface area contributed by atoms with E-state index < -0.39 is 5.97 Å². The van der Waals surface area contributed by atoms with Crippen LogP contribution < -0.4 is 10.1 Å². The van der Waals surface area contributed by atoms with Crippen molar-refractivity contribution in [2.75, 3.05) is 31.2 Å². The zero-order valence-corrected chi connectivity index (χ0v) is 11.6. The number of hydrogen-bond donors (Lipinski definition) is 2. The Bertz CT molecular complexity index is 409. The van der Waals surface area contributed by atoms with Crippen molar-refractivity contribution in [2.45, 2.75) is 0 Å². The summed E-state index contributed by atoms with van der Waals surface area (Å²) in [5, 5.41) is 12.1. The maximum Gasteiger partial charge on any atom is 0.335 e. The number of aromatic carboxylic acids is 1. The van der Waals surface area contributed by atoms with Gasteiger partial charge in [-0.2, -0.15) is 11.8 Å². The van der Waals surface area contributed by atoms with E-state index in [1.54, 1.807) is 18.2 Å². The van der Waals surface area contributed by atoms with Crippen LogP contribution in [0.15, 0.2) is 36.9 Å². The van der Waals surface area contributed by atoms with E-state index in [9.17, 15) is 4.79 Å². The normalized spacial score (nSPS) is 10.1. The van der Waals surface area contributed by atoms with Crippen molar-refractivity contribution in [3.05, 3.63) is 42.5 Å². The lowest BCUT2D eigenvalue weighted by atomic mass is 10.2. The Labute approximate surface area is 117 Å². The van der Waals surface area contributed by atoms with Gasteiger partial charge in [-0.1, -0.05) is 12.1 Å². The molecule has 0 bridgehead atoms. The fraction of sp³-hybridized carbons (Fsp3) is 0.357. The number of carboxylic acids is 1. The average Bonchev–Trinajstić information content (AvgIpc) is 2.42. The third-order valence-electron chi connectivity index (χ3n) is 2.29. The molecule has 1 aromatic carbocycles. The lowest BCUT2D eigenvalue weighted by Crippen LogP contribution is -2.23. The third kappa shape index (κ3) is 6.88. The van der Waals surface area contributed by atoms with E-state index in [-0.39, 0.29) is 5.56 Å². The molecule has 5 heteroatoms. The largest absolute Gasteiger partial charge is 0.492 e. The van der Waals surface area contributed by atoms with Crippen molar-refractivity contribution >= 4 is 17.7 Å². The fourth-order valence-electron chi connectivity index (χ4n) is 1.40. The molecule has 0 saturated heterocycles. The van der Waals surface area contributed by atoms with Gasteiger partial charge in [0.2, 0.25) is 0 Å². The molecule has 0 amide bonds. The number of carbonyl (C=O) groups is 1. The molecule has 0 aromatic heterocycles. The van der Waals surface area contributed by atoms with Gasteiger partial charge in [0.15, 0.2) is 0 Å². The van der Waals surface area contributed by atoms with Gasteiger partial charge in [-0.15, -0.1) is 6.58 Å². The molecular formula is C14H19NO3S. The van der Waals surface area contributed by atoms with Gasteiger partial charge in [0.1, 0.15) is 12.4 Å². The standard InChI is InChI=1S/C14H19NO3S/c1-2-9-19-10-7-15-6-8-18-13-5-3-4-12(11-13)14(16)17/h2-5,11,15H,1,6-10H2,(H,16,17). The molecule has 0 unspecified atom stereocenters. The van der Waals surface area contributed by atoms with Crippen LogP contribution in [0.25, 0.3) is 0 Å². The van der Waals surface area contributed by atoms with Crippen LogP contribution in [0.5, 0.6) is 5.75 Å². The lowest BCUT2D eigenvalue weighted by molar-refractivity contribution is 0.0696. The van der Waals surface area contributed by atoms with Crippen molar-refractivity contribution in [2.24, 2.45) is 0 Å². The average molecular weight is 281 g/mol. The van der Waals surface area contributed by atoms with E-state index in [2.05, 4.69) is 11.9 Å². The van der Waals surface area contributed by atoms with Gasteiger partial charge in [-0.3, -0.25) is 0 Å². The molecule has 2 N–H and O–H groups in total. The van der Waals surface area contributed by atoms with Gasteiger partial charge < -0.3 is 15.2 Å². The summed E-state index contributed by atoms with van der Waals surface area (Å²) in [6.45, 7) is 5.85. The molecule has 0 aliphatic carbocycles. The van der Waals surface area contributed by atoms with Crippen LogP contribution in [0.2, 0.25) is 0 Å². The van der Waals surface area contributed by atoms with E-state index in [1.807, 2.05) is 17.8 Å². The number of hydrogen-bond acceptors (Lipinski definition) is 4. The Kier molecular flexibility index (Phi) is 7.77. The number of benzene rings is 1. The maximum atomic E-state index is 10.8. The fourth-order valence-corrected chi connectivity index (χ4v) is 2.02. The molecule has 0 atom stereocenters. The molecule has 4 nitrogen and oxygen atoms in total. The van der Waals surface area contributed by atoms with E-state index in [0.29, 0.717) is 12.4 Å². The van der Waals surface area contributed by atoms with Crippen LogP contribution in [-0.4, -0.2) is 42.3 Å². The molecule has 0 aliphatic heterocycles. The second kappa shape index (κ2) is 9.47. The quantitative estimate of drug-likeness (QED) is 0.509. The molecule has 0 aliphatic rings. The molecule has 0 spiro atoms. The number of carboxylic acid groups (broad SMARTS) is 1. The van der Waals surface area contributed by atoms with Crippen molar-refractivity contribution < 1.29 is 14.6 Å². The zero-order chi connectivity index (χ0) is 13.9. The van der Waals surface area contributed by atoms with Gasteiger partial charge >= 0.3 is 5.97 Å². The first-order chi connectivity index (χ1) is 9.24. The van der Waals surface area contributed by atoms with E-state index in [0.717, 1.165) is 24.6 Å². The van der Waals surface area contributed by atoms with E-state index >= 15 is 0 Å². The van der Waals surface area contributed by atoms with Crippen LogP contribution in [0.1, 0.15) is 10.4 Å². The summed E-state index contributed by atoms with van der Waals surface area (Å²) in [6.07, 6.45) is 1.89. The number of rotatable bonds is 10. The first-order valence-electron chi connectivity index (χ1n) is 6.09. The highest BCUT2D eigenvalue weighted by Gasteiger charge is 2.03.